The van der Waals surface area contributed by atoms with E-state index >= 15 is 0 Å². The predicted molar refractivity (Wildman–Crippen MR) is 80.9 cm³/mol. The number of aromatic nitrogens is 2. The van der Waals surface area contributed by atoms with E-state index in [1.807, 2.05) is 25.1 Å². The lowest BCUT2D eigenvalue weighted by Gasteiger charge is -2.27. The third-order valence-corrected chi connectivity index (χ3v) is 3.53. The fraction of sp³-hybridized carbons (Fsp3) is 0.375. The number of para-hydroxylation sites is 1. The molecule has 0 saturated carbocycles. The fourth-order valence-corrected chi connectivity index (χ4v) is 2.48. The monoisotopic (exact) mass is 285 g/mol. The Morgan fingerprint density at radius 1 is 1.29 bits per heavy atom. The van der Waals surface area contributed by atoms with Crippen molar-refractivity contribution in [2.75, 3.05) is 25.2 Å². The molecule has 5 heteroatoms. The highest BCUT2D eigenvalue weighted by molar-refractivity contribution is 5.49. The van der Waals surface area contributed by atoms with E-state index in [0.717, 1.165) is 48.2 Å². The quantitative estimate of drug-likeness (QED) is 0.848. The lowest BCUT2D eigenvalue weighted by atomic mass is 10.1. The first-order valence-electron chi connectivity index (χ1n) is 7.11. The SMILES string of the molecule is COc1cccc2c1OCCCN(c1nccc(C)n1)C2. The summed E-state index contributed by atoms with van der Waals surface area (Å²) in [6.07, 6.45) is 2.73. The first-order chi connectivity index (χ1) is 10.3. The van der Waals surface area contributed by atoms with Gasteiger partial charge in [0.05, 0.1) is 13.7 Å². The highest BCUT2D eigenvalue weighted by Crippen LogP contribution is 2.33. The zero-order valence-corrected chi connectivity index (χ0v) is 12.4. The largest absolute Gasteiger partial charge is 0.493 e. The van der Waals surface area contributed by atoms with E-state index in [0.29, 0.717) is 6.61 Å². The van der Waals surface area contributed by atoms with E-state index in [9.17, 15) is 0 Å². The molecule has 0 N–H and O–H groups in total. The number of fused-ring (bicyclic) bond motifs is 1. The molecule has 1 aromatic carbocycles. The first kappa shape index (κ1) is 13.7. The number of methoxy groups -OCH3 is 1. The number of anilines is 1. The van der Waals surface area contributed by atoms with E-state index in [1.165, 1.54) is 0 Å². The number of benzene rings is 1. The van der Waals surface area contributed by atoms with E-state index < -0.39 is 0 Å². The first-order valence-corrected chi connectivity index (χ1v) is 7.11. The van der Waals surface area contributed by atoms with Crippen LogP contribution in [0.5, 0.6) is 11.5 Å². The molecule has 2 heterocycles. The minimum atomic E-state index is 0.662. The topological polar surface area (TPSA) is 47.5 Å². The lowest BCUT2D eigenvalue weighted by molar-refractivity contribution is 0.281. The second kappa shape index (κ2) is 5.99. The molecule has 0 radical (unpaired) electrons. The van der Waals surface area contributed by atoms with E-state index in [-0.39, 0.29) is 0 Å². The smallest absolute Gasteiger partial charge is 0.225 e. The molecule has 5 nitrogen and oxygen atoms in total. The van der Waals surface area contributed by atoms with Gasteiger partial charge in [-0.2, -0.15) is 0 Å². The Labute approximate surface area is 124 Å². The molecule has 0 atom stereocenters. The van der Waals surface area contributed by atoms with Crippen LogP contribution in [0.15, 0.2) is 30.5 Å². The Hall–Kier alpha value is -2.30. The molecule has 0 spiro atoms. The van der Waals surface area contributed by atoms with Crippen LogP contribution in [-0.2, 0) is 6.54 Å². The standard InChI is InChI=1S/C16H19N3O2/c1-12-7-8-17-16(18-12)19-9-4-10-21-15-13(11-19)5-3-6-14(15)20-2/h3,5-8H,4,9-11H2,1-2H3. The Balaban J connectivity index is 1.95. The summed E-state index contributed by atoms with van der Waals surface area (Å²) in [4.78, 5) is 11.1. The Morgan fingerprint density at radius 3 is 3.00 bits per heavy atom. The summed E-state index contributed by atoms with van der Waals surface area (Å²) in [7, 11) is 1.67. The van der Waals surface area contributed by atoms with Gasteiger partial charge in [-0.05, 0) is 25.5 Å². The molecule has 0 aliphatic carbocycles. The van der Waals surface area contributed by atoms with Gasteiger partial charge in [0.15, 0.2) is 11.5 Å². The van der Waals surface area contributed by atoms with Gasteiger partial charge in [-0.25, -0.2) is 9.97 Å². The number of nitrogens with zero attached hydrogens (tertiary/aromatic N) is 3. The predicted octanol–water partition coefficient (Wildman–Crippen LogP) is 2.58. The molecule has 0 saturated heterocycles. The van der Waals surface area contributed by atoms with Crippen molar-refractivity contribution >= 4 is 5.95 Å². The van der Waals surface area contributed by atoms with Crippen LogP contribution in [0.2, 0.25) is 0 Å². The summed E-state index contributed by atoms with van der Waals surface area (Å²) in [5.74, 6) is 2.38. The minimum Gasteiger partial charge on any atom is -0.493 e. The molecule has 21 heavy (non-hydrogen) atoms. The van der Waals surface area contributed by atoms with Gasteiger partial charge in [0.2, 0.25) is 5.95 Å². The van der Waals surface area contributed by atoms with Crippen molar-refractivity contribution in [2.45, 2.75) is 19.9 Å². The van der Waals surface area contributed by atoms with Crippen molar-refractivity contribution in [3.63, 3.8) is 0 Å². The number of aryl methyl sites for hydroxylation is 1. The van der Waals surface area contributed by atoms with Gasteiger partial charge in [0.25, 0.3) is 0 Å². The van der Waals surface area contributed by atoms with Crippen molar-refractivity contribution in [3.05, 3.63) is 41.7 Å². The maximum absolute atomic E-state index is 5.87. The van der Waals surface area contributed by atoms with Gasteiger partial charge in [0, 0.05) is 30.5 Å². The van der Waals surface area contributed by atoms with Gasteiger partial charge in [-0.15, -0.1) is 0 Å². The lowest BCUT2D eigenvalue weighted by Crippen LogP contribution is -2.29. The summed E-state index contributed by atoms with van der Waals surface area (Å²) in [6.45, 7) is 4.24. The van der Waals surface area contributed by atoms with Crippen LogP contribution in [0.25, 0.3) is 0 Å². The summed E-state index contributed by atoms with van der Waals surface area (Å²) in [5.41, 5.74) is 2.07. The van der Waals surface area contributed by atoms with Gasteiger partial charge in [-0.1, -0.05) is 12.1 Å². The molecule has 110 valence electrons. The van der Waals surface area contributed by atoms with Crippen molar-refractivity contribution in [1.29, 1.82) is 0 Å². The Kier molecular flexibility index (Phi) is 3.90. The molecule has 3 rings (SSSR count). The van der Waals surface area contributed by atoms with Gasteiger partial charge in [0.1, 0.15) is 0 Å². The second-order valence-corrected chi connectivity index (χ2v) is 5.07. The number of ether oxygens (including phenoxy) is 2. The molecular weight excluding hydrogens is 266 g/mol. The summed E-state index contributed by atoms with van der Waals surface area (Å²) >= 11 is 0. The highest BCUT2D eigenvalue weighted by atomic mass is 16.5. The molecule has 0 amide bonds. The third-order valence-electron chi connectivity index (χ3n) is 3.53. The number of hydrogen-bond donors (Lipinski definition) is 0. The molecule has 0 unspecified atom stereocenters. The van der Waals surface area contributed by atoms with E-state index in [2.05, 4.69) is 20.9 Å². The van der Waals surface area contributed by atoms with E-state index in [4.69, 9.17) is 9.47 Å². The zero-order chi connectivity index (χ0) is 14.7. The average Bonchev–Trinajstić information content (AvgIpc) is 2.47. The van der Waals surface area contributed by atoms with Crippen LogP contribution in [0.1, 0.15) is 17.7 Å². The van der Waals surface area contributed by atoms with Crippen LogP contribution in [-0.4, -0.2) is 30.2 Å². The van der Waals surface area contributed by atoms with Gasteiger partial charge in [-0.3, -0.25) is 0 Å². The number of rotatable bonds is 2. The summed E-state index contributed by atoms with van der Waals surface area (Å²) < 4.78 is 11.3. The average molecular weight is 285 g/mol. The number of hydrogen-bond acceptors (Lipinski definition) is 5. The molecule has 0 fully saturated rings. The van der Waals surface area contributed by atoms with Crippen molar-refractivity contribution in [2.24, 2.45) is 0 Å². The minimum absolute atomic E-state index is 0.662. The van der Waals surface area contributed by atoms with Crippen LogP contribution in [0, 0.1) is 6.92 Å². The van der Waals surface area contributed by atoms with Gasteiger partial charge >= 0.3 is 0 Å². The summed E-state index contributed by atoms with van der Waals surface area (Å²) in [6, 6.07) is 7.88. The molecule has 1 aliphatic rings. The Bertz CT molecular complexity index is 631. The molecule has 1 aliphatic heterocycles. The highest BCUT2D eigenvalue weighted by Gasteiger charge is 2.18. The van der Waals surface area contributed by atoms with Crippen molar-refractivity contribution in [3.8, 4) is 11.5 Å². The van der Waals surface area contributed by atoms with Crippen LogP contribution < -0.4 is 14.4 Å². The van der Waals surface area contributed by atoms with E-state index in [1.54, 1.807) is 13.3 Å². The second-order valence-electron chi connectivity index (χ2n) is 5.07. The Morgan fingerprint density at radius 2 is 2.19 bits per heavy atom. The summed E-state index contributed by atoms with van der Waals surface area (Å²) in [5, 5.41) is 0. The zero-order valence-electron chi connectivity index (χ0n) is 12.4. The fourth-order valence-electron chi connectivity index (χ4n) is 2.48. The molecule has 2 aromatic rings. The van der Waals surface area contributed by atoms with Crippen LogP contribution in [0.4, 0.5) is 5.95 Å². The van der Waals surface area contributed by atoms with Crippen molar-refractivity contribution in [1.82, 2.24) is 9.97 Å². The molecular formula is C16H19N3O2. The molecule has 1 aromatic heterocycles. The van der Waals surface area contributed by atoms with Crippen LogP contribution in [0.3, 0.4) is 0 Å². The maximum Gasteiger partial charge on any atom is 0.225 e. The maximum atomic E-state index is 5.87. The molecule has 0 bridgehead atoms. The normalized spacial score (nSPS) is 14.7. The van der Waals surface area contributed by atoms with Crippen LogP contribution >= 0.6 is 0 Å². The van der Waals surface area contributed by atoms with Gasteiger partial charge < -0.3 is 14.4 Å². The third kappa shape index (κ3) is 2.91. The van der Waals surface area contributed by atoms with Crippen molar-refractivity contribution < 1.29 is 9.47 Å².